The second kappa shape index (κ2) is 7.76. The number of anilines is 1. The van der Waals surface area contributed by atoms with Crippen LogP contribution in [0.3, 0.4) is 0 Å². The Morgan fingerprint density at radius 3 is 2.67 bits per heavy atom. The number of nitrogen functional groups attached to an aromatic ring is 1. The van der Waals surface area contributed by atoms with E-state index in [0.29, 0.717) is 41.4 Å². The first kappa shape index (κ1) is 21.8. The van der Waals surface area contributed by atoms with Crippen LogP contribution in [-0.2, 0) is 0 Å². The summed E-state index contributed by atoms with van der Waals surface area (Å²) in [7, 11) is 3.52. The molecule has 0 radical (unpaired) electrons. The van der Waals surface area contributed by atoms with E-state index in [9.17, 15) is 9.59 Å². The fraction of sp³-hybridized carbons (Fsp3) is 0.609. The first-order chi connectivity index (χ1) is 15.8. The van der Waals surface area contributed by atoms with Crippen molar-refractivity contribution >= 4 is 16.6 Å². The van der Waals surface area contributed by atoms with Crippen LogP contribution in [0.15, 0.2) is 15.7 Å². The van der Waals surface area contributed by atoms with Crippen LogP contribution in [0.4, 0.5) is 10.1 Å². The Labute approximate surface area is 190 Å². The summed E-state index contributed by atoms with van der Waals surface area (Å²) in [5.74, 6) is 5.74. The van der Waals surface area contributed by atoms with E-state index in [1.165, 1.54) is 17.7 Å². The summed E-state index contributed by atoms with van der Waals surface area (Å²) in [4.78, 5) is 33.3. The van der Waals surface area contributed by atoms with Gasteiger partial charge in [-0.25, -0.2) is 15.8 Å². The van der Waals surface area contributed by atoms with Gasteiger partial charge in [-0.2, -0.15) is 4.68 Å². The van der Waals surface area contributed by atoms with Gasteiger partial charge in [0.25, 0.3) is 5.56 Å². The van der Waals surface area contributed by atoms with Gasteiger partial charge in [0.2, 0.25) is 6.54 Å². The smallest absolute Gasteiger partial charge is 0.350 e. The molecule has 33 heavy (non-hydrogen) atoms. The number of hydrogen-bond acceptors (Lipinski definition) is 6. The molecule has 5 rings (SSSR count). The topological polar surface area (TPSA) is 90.1 Å². The minimum atomic E-state index is -0.728. The van der Waals surface area contributed by atoms with Gasteiger partial charge >= 0.3 is 5.69 Å². The van der Waals surface area contributed by atoms with Crippen molar-refractivity contribution in [1.82, 2.24) is 14.1 Å². The number of ether oxygens (including phenoxy) is 1. The van der Waals surface area contributed by atoms with Gasteiger partial charge < -0.3 is 20.3 Å². The van der Waals surface area contributed by atoms with E-state index < -0.39 is 17.1 Å². The number of aromatic nitrogens is 2. The number of halogens is 1. The maximum absolute atomic E-state index is 15.5. The van der Waals surface area contributed by atoms with Crippen molar-refractivity contribution in [1.29, 1.82) is 0 Å². The Kier molecular flexibility index (Phi) is 5.12. The molecule has 0 amide bonds. The molecule has 2 heterocycles. The molecular weight excluding hydrogens is 427 g/mol. The van der Waals surface area contributed by atoms with E-state index in [4.69, 9.17) is 17.2 Å². The molecule has 176 valence electrons. The second-order valence-electron chi connectivity index (χ2n) is 9.53. The number of likely N-dealkylation sites (N-methyl/N-ethyl adjacent to an activating group) is 1. The first-order valence-corrected chi connectivity index (χ1v) is 11.5. The SMILES string of the molecule is [C-]#[N+]CCN(C)C1(C2CCN(c3c(F)cc4c(=O)n(N)c(=O)n(C5CC5)c4c3OC)C2)CC1. The van der Waals surface area contributed by atoms with Crippen molar-refractivity contribution in [2.45, 2.75) is 43.7 Å². The Bertz CT molecular complexity index is 1270. The molecule has 1 unspecified atom stereocenters. The van der Waals surface area contributed by atoms with Crippen LogP contribution in [0.1, 0.15) is 38.1 Å². The maximum Gasteiger partial charge on any atom is 0.350 e. The maximum atomic E-state index is 15.5. The Hall–Kier alpha value is -3.06. The van der Waals surface area contributed by atoms with Gasteiger partial charge in [-0.1, -0.05) is 0 Å². The van der Waals surface area contributed by atoms with Gasteiger partial charge in [0.1, 0.15) is 11.2 Å². The van der Waals surface area contributed by atoms with Gasteiger partial charge in [0.15, 0.2) is 11.6 Å². The van der Waals surface area contributed by atoms with E-state index in [-0.39, 0.29) is 22.7 Å². The minimum Gasteiger partial charge on any atom is -0.492 e. The number of benzene rings is 1. The van der Waals surface area contributed by atoms with Gasteiger partial charge in [-0.05, 0) is 51.1 Å². The third-order valence-corrected chi connectivity index (χ3v) is 7.74. The summed E-state index contributed by atoms with van der Waals surface area (Å²) in [5, 5.41) is 0.0513. The van der Waals surface area contributed by atoms with Crippen LogP contribution in [0.25, 0.3) is 15.7 Å². The molecule has 2 N–H and O–H groups in total. The zero-order valence-corrected chi connectivity index (χ0v) is 19.0. The Morgan fingerprint density at radius 2 is 2.06 bits per heavy atom. The summed E-state index contributed by atoms with van der Waals surface area (Å²) in [6.45, 7) is 9.59. The lowest BCUT2D eigenvalue weighted by Crippen LogP contribution is -2.44. The van der Waals surface area contributed by atoms with Gasteiger partial charge in [-0.15, -0.1) is 0 Å². The van der Waals surface area contributed by atoms with Gasteiger partial charge in [0, 0.05) is 24.7 Å². The molecule has 2 aromatic rings. The first-order valence-electron chi connectivity index (χ1n) is 11.5. The van der Waals surface area contributed by atoms with Crippen LogP contribution in [0.5, 0.6) is 5.75 Å². The van der Waals surface area contributed by atoms with Crippen molar-refractivity contribution in [3.63, 3.8) is 0 Å². The van der Waals surface area contributed by atoms with E-state index in [0.717, 1.165) is 38.6 Å². The number of hydrogen-bond donors (Lipinski definition) is 1. The largest absolute Gasteiger partial charge is 0.492 e. The van der Waals surface area contributed by atoms with Crippen molar-refractivity contribution < 1.29 is 9.13 Å². The predicted octanol–water partition coefficient (Wildman–Crippen LogP) is 1.57. The van der Waals surface area contributed by atoms with E-state index >= 15 is 4.39 Å². The fourth-order valence-corrected chi connectivity index (χ4v) is 5.65. The van der Waals surface area contributed by atoms with Crippen LogP contribution in [0, 0.1) is 18.3 Å². The monoisotopic (exact) mass is 456 g/mol. The molecule has 1 aromatic heterocycles. The number of nitrogens with zero attached hydrogens (tertiary/aromatic N) is 5. The normalized spacial score (nSPS) is 21.5. The fourth-order valence-electron chi connectivity index (χ4n) is 5.65. The van der Waals surface area contributed by atoms with Crippen molar-refractivity contribution in [3.8, 4) is 5.75 Å². The summed E-state index contributed by atoms with van der Waals surface area (Å²) < 4.78 is 23.2. The second-order valence-corrected chi connectivity index (χ2v) is 9.53. The van der Waals surface area contributed by atoms with Crippen LogP contribution >= 0.6 is 0 Å². The summed E-state index contributed by atoms with van der Waals surface area (Å²) >= 11 is 0. The van der Waals surface area contributed by atoms with Crippen LogP contribution in [0.2, 0.25) is 0 Å². The predicted molar refractivity (Wildman–Crippen MR) is 124 cm³/mol. The third-order valence-electron chi connectivity index (χ3n) is 7.74. The lowest BCUT2D eigenvalue weighted by Gasteiger charge is -2.32. The number of rotatable bonds is 7. The van der Waals surface area contributed by atoms with Crippen molar-refractivity contribution in [3.05, 3.63) is 44.1 Å². The highest BCUT2D eigenvalue weighted by Crippen LogP contribution is 2.52. The van der Waals surface area contributed by atoms with E-state index in [2.05, 4.69) is 16.8 Å². The summed E-state index contributed by atoms with van der Waals surface area (Å²) in [6, 6.07) is 1.12. The highest BCUT2D eigenvalue weighted by atomic mass is 19.1. The number of nitrogens with two attached hydrogens (primary N) is 1. The molecule has 1 atom stereocenters. The van der Waals surface area contributed by atoms with E-state index in [1.807, 2.05) is 4.90 Å². The quantitative estimate of drug-likeness (QED) is 0.503. The lowest BCUT2D eigenvalue weighted by atomic mass is 9.95. The molecule has 10 heteroatoms. The molecule has 3 aliphatic rings. The molecule has 2 aliphatic carbocycles. The van der Waals surface area contributed by atoms with Crippen molar-refractivity contribution in [2.24, 2.45) is 5.92 Å². The zero-order chi connectivity index (χ0) is 23.5. The Balaban J connectivity index is 1.57. The van der Waals surface area contributed by atoms with Crippen molar-refractivity contribution in [2.75, 3.05) is 51.1 Å². The van der Waals surface area contributed by atoms with Crippen LogP contribution < -0.4 is 26.7 Å². The zero-order valence-electron chi connectivity index (χ0n) is 19.0. The molecular formula is C23H29FN6O3. The summed E-state index contributed by atoms with van der Waals surface area (Å²) in [5.41, 5.74) is -0.651. The van der Waals surface area contributed by atoms with Gasteiger partial charge in [0.05, 0.1) is 19.0 Å². The Morgan fingerprint density at radius 1 is 1.33 bits per heavy atom. The molecule has 0 bridgehead atoms. The molecule has 0 spiro atoms. The van der Waals surface area contributed by atoms with Crippen LogP contribution in [-0.4, -0.2) is 60.0 Å². The number of fused-ring (bicyclic) bond motifs is 1. The number of methoxy groups -OCH3 is 1. The minimum absolute atomic E-state index is 0.0513. The molecule has 2 saturated carbocycles. The third kappa shape index (κ3) is 3.29. The average Bonchev–Trinajstić information content (AvgIpc) is 3.74. The summed E-state index contributed by atoms with van der Waals surface area (Å²) in [6.07, 6.45) is 4.66. The molecule has 3 fully saturated rings. The molecule has 1 saturated heterocycles. The molecule has 1 aromatic carbocycles. The molecule has 9 nitrogen and oxygen atoms in total. The average molecular weight is 457 g/mol. The standard InChI is InChI=1S/C23H29FN6O3/c1-26-9-11-27(2)23(7-8-23)14-6-10-28(13-14)19-17(24)12-16-18(20(19)33-3)29(15-4-5-15)22(32)30(25)21(16)31/h12,14-15H,4-11,13,25H2,2-3H3. The lowest BCUT2D eigenvalue weighted by molar-refractivity contribution is 0.168. The van der Waals surface area contributed by atoms with E-state index in [1.54, 1.807) is 0 Å². The highest BCUT2D eigenvalue weighted by molar-refractivity contribution is 5.91. The highest BCUT2D eigenvalue weighted by Gasteiger charge is 2.54. The van der Waals surface area contributed by atoms with Gasteiger partial charge in [-0.3, -0.25) is 14.3 Å². The molecule has 1 aliphatic heterocycles.